The zero-order valence-corrected chi connectivity index (χ0v) is 15.1. The molecule has 1 aliphatic rings. The number of nitrogens with zero attached hydrogens (tertiary/aromatic N) is 4. The van der Waals surface area contributed by atoms with Crippen molar-refractivity contribution in [3.63, 3.8) is 0 Å². The Hall–Kier alpha value is -2.82. The summed E-state index contributed by atoms with van der Waals surface area (Å²) < 4.78 is 11.6. The van der Waals surface area contributed by atoms with Gasteiger partial charge in [-0.15, -0.1) is 0 Å². The van der Waals surface area contributed by atoms with Crippen molar-refractivity contribution in [1.29, 1.82) is 5.26 Å². The van der Waals surface area contributed by atoms with Gasteiger partial charge in [0, 0.05) is 0 Å². The Bertz CT molecular complexity index is 913. The Labute approximate surface area is 159 Å². The van der Waals surface area contributed by atoms with E-state index in [1.807, 2.05) is 6.07 Å². The molecule has 3 heterocycles. The first-order valence-electron chi connectivity index (χ1n) is 8.34. The number of rotatable bonds is 6. The van der Waals surface area contributed by atoms with Crippen LogP contribution in [-0.4, -0.2) is 68.9 Å². The van der Waals surface area contributed by atoms with Gasteiger partial charge in [-0.25, -0.2) is 9.50 Å². The van der Waals surface area contributed by atoms with Crippen LogP contribution in [0.2, 0.25) is 0 Å². The van der Waals surface area contributed by atoms with E-state index in [-0.39, 0.29) is 18.1 Å². The number of carbonyl (C=O) groups is 1. The Morgan fingerprint density at radius 1 is 1.57 bits per heavy atom. The summed E-state index contributed by atoms with van der Waals surface area (Å²) in [5.74, 6) is -0.362. The lowest BCUT2D eigenvalue weighted by molar-refractivity contribution is -0.149. The average Bonchev–Trinajstić information content (AvgIpc) is 3.23. The van der Waals surface area contributed by atoms with Gasteiger partial charge in [0.1, 0.15) is 42.3 Å². The molecule has 0 aromatic carbocycles. The van der Waals surface area contributed by atoms with Gasteiger partial charge in [-0.2, -0.15) is 15.8 Å². The summed E-state index contributed by atoms with van der Waals surface area (Å²) in [4.78, 5) is 20.4. The van der Waals surface area contributed by atoms with Crippen molar-refractivity contribution in [2.45, 2.75) is 36.9 Å². The molecule has 12 nitrogen and oxygen atoms in total. The van der Waals surface area contributed by atoms with Crippen LogP contribution in [0.1, 0.15) is 12.6 Å². The molecule has 0 amide bonds. The predicted octanol–water partition coefficient (Wildman–Crippen LogP) is -1.77. The fraction of sp³-hybridized carbons (Fsp3) is 0.500. The first kappa shape index (κ1) is 19.9. The van der Waals surface area contributed by atoms with E-state index in [1.165, 1.54) is 30.9 Å². The van der Waals surface area contributed by atoms with Crippen LogP contribution in [0.5, 0.6) is 0 Å². The lowest BCUT2D eigenvalue weighted by Crippen LogP contribution is -2.41. The van der Waals surface area contributed by atoms with Crippen LogP contribution < -0.4 is 11.2 Å². The number of hydrogen-bond acceptors (Lipinski definition) is 11. The zero-order chi connectivity index (χ0) is 20.5. The molecule has 0 spiro atoms. The van der Waals surface area contributed by atoms with Crippen LogP contribution in [0.25, 0.3) is 5.52 Å². The lowest BCUT2D eigenvalue weighted by Gasteiger charge is -2.24. The molecule has 5 atom stereocenters. The number of nitriles is 1. The van der Waals surface area contributed by atoms with E-state index in [9.17, 15) is 20.3 Å². The highest BCUT2D eigenvalue weighted by Crippen LogP contribution is 2.40. The van der Waals surface area contributed by atoms with Crippen LogP contribution in [0.15, 0.2) is 18.5 Å². The fourth-order valence-electron chi connectivity index (χ4n) is 3.03. The van der Waals surface area contributed by atoms with Crippen molar-refractivity contribution in [2.24, 2.45) is 0 Å². The van der Waals surface area contributed by atoms with Gasteiger partial charge in [0.25, 0.3) is 0 Å². The maximum absolute atomic E-state index is 11.4. The minimum Gasteiger partial charge on any atom is -0.468 e. The number of fused-ring (bicyclic) bond motifs is 1. The van der Waals surface area contributed by atoms with E-state index >= 15 is 0 Å². The van der Waals surface area contributed by atoms with Crippen molar-refractivity contribution in [1.82, 2.24) is 20.1 Å². The third kappa shape index (κ3) is 3.15. The van der Waals surface area contributed by atoms with Crippen molar-refractivity contribution in [3.8, 4) is 6.07 Å². The maximum Gasteiger partial charge on any atom is 0.324 e. The quantitative estimate of drug-likeness (QED) is 0.323. The van der Waals surface area contributed by atoms with Crippen LogP contribution >= 0.6 is 0 Å². The first-order valence-corrected chi connectivity index (χ1v) is 8.34. The molecule has 0 aliphatic carbocycles. The number of carbonyl (C=O) groups excluding carboxylic acids is 1. The number of nitrogens with two attached hydrogens (primary N) is 1. The topological polar surface area (TPSA) is 177 Å². The molecule has 2 aromatic heterocycles. The van der Waals surface area contributed by atoms with Gasteiger partial charge in [-0.3, -0.25) is 9.63 Å². The van der Waals surface area contributed by atoms with E-state index in [0.717, 1.165) is 0 Å². The first-order chi connectivity index (χ1) is 13.4. The van der Waals surface area contributed by atoms with Crippen molar-refractivity contribution in [3.05, 3.63) is 24.2 Å². The Morgan fingerprint density at radius 2 is 2.32 bits per heavy atom. The third-order valence-corrected chi connectivity index (χ3v) is 4.55. The highest BCUT2D eigenvalue weighted by molar-refractivity contribution is 5.74. The molecule has 150 valence electrons. The van der Waals surface area contributed by atoms with Gasteiger partial charge in [-0.05, 0) is 19.1 Å². The fourth-order valence-corrected chi connectivity index (χ4v) is 3.03. The minimum atomic E-state index is -1.91. The number of aromatic nitrogens is 3. The maximum atomic E-state index is 11.4. The summed E-state index contributed by atoms with van der Waals surface area (Å²) in [6, 6.07) is 4.26. The Balaban J connectivity index is 1.82. The third-order valence-electron chi connectivity index (χ3n) is 4.55. The summed E-state index contributed by atoms with van der Waals surface area (Å²) in [6.07, 6.45) is -2.87. The molecule has 0 radical (unpaired) electrons. The molecule has 0 bridgehead atoms. The monoisotopic (exact) mass is 392 g/mol. The highest BCUT2D eigenvalue weighted by Gasteiger charge is 2.57. The molecule has 3 rings (SSSR count). The van der Waals surface area contributed by atoms with Gasteiger partial charge in [0.05, 0.1) is 19.4 Å². The van der Waals surface area contributed by atoms with Gasteiger partial charge in [0.2, 0.25) is 5.60 Å². The molecular formula is C16H20N6O6. The van der Waals surface area contributed by atoms with E-state index in [2.05, 4.69) is 20.3 Å². The lowest BCUT2D eigenvalue weighted by atomic mass is 9.92. The molecule has 0 unspecified atom stereocenters. The van der Waals surface area contributed by atoms with Crippen molar-refractivity contribution >= 4 is 17.3 Å². The zero-order valence-electron chi connectivity index (χ0n) is 15.1. The number of aliphatic hydroxyl groups is 2. The largest absolute Gasteiger partial charge is 0.468 e. The van der Waals surface area contributed by atoms with E-state index in [0.29, 0.717) is 5.52 Å². The molecule has 2 aromatic rings. The standard InChI is InChI=1S/C16H20N6O6/c1-8(15(25)26-2)21-27-5-10-12(23)13(24)16(6-17,28-10)11-4-3-9-14(18)19-7-20-22(9)11/h3-4,7-8,10,12-13,21,23-24H,5H2,1-2H3,(H2,18,19,20)/t8-,10+,12+,13+,16-/m0/s1. The van der Waals surface area contributed by atoms with Crippen molar-refractivity contribution < 1.29 is 29.3 Å². The smallest absolute Gasteiger partial charge is 0.324 e. The number of hydroxylamine groups is 1. The van der Waals surface area contributed by atoms with Crippen LogP contribution in [0.3, 0.4) is 0 Å². The van der Waals surface area contributed by atoms with E-state index in [4.69, 9.17) is 15.3 Å². The van der Waals surface area contributed by atoms with Crippen LogP contribution in [0.4, 0.5) is 5.82 Å². The SMILES string of the molecule is COC(=O)[C@H](C)NOC[C@H]1O[C@@](C#N)(c2ccc3c(N)ncnn23)[C@H](O)[C@@H]1O. The van der Waals surface area contributed by atoms with E-state index < -0.39 is 35.9 Å². The normalized spacial score (nSPS) is 28.2. The minimum absolute atomic E-state index is 0.184. The van der Waals surface area contributed by atoms with Gasteiger partial charge < -0.3 is 25.4 Å². The van der Waals surface area contributed by atoms with Crippen molar-refractivity contribution in [2.75, 3.05) is 19.5 Å². The summed E-state index contributed by atoms with van der Waals surface area (Å²) in [7, 11) is 1.24. The molecule has 0 saturated carbocycles. The number of nitrogen functional groups attached to an aromatic ring is 1. The predicted molar refractivity (Wildman–Crippen MR) is 92.1 cm³/mol. The van der Waals surface area contributed by atoms with E-state index in [1.54, 1.807) is 6.07 Å². The number of esters is 1. The molecule has 5 N–H and O–H groups in total. The van der Waals surface area contributed by atoms with Gasteiger partial charge >= 0.3 is 5.97 Å². The summed E-state index contributed by atoms with van der Waals surface area (Å²) in [5.41, 5.74) is 6.94. The molecule has 28 heavy (non-hydrogen) atoms. The second-order valence-electron chi connectivity index (χ2n) is 6.27. The average molecular weight is 392 g/mol. The van der Waals surface area contributed by atoms with Gasteiger partial charge in [0.15, 0.2) is 5.82 Å². The Morgan fingerprint density at radius 3 is 3.00 bits per heavy atom. The summed E-state index contributed by atoms with van der Waals surface area (Å²) in [6.45, 7) is 1.27. The molecule has 12 heteroatoms. The number of methoxy groups -OCH3 is 1. The number of aliphatic hydroxyl groups excluding tert-OH is 2. The number of anilines is 1. The molecule has 1 saturated heterocycles. The number of hydrogen-bond donors (Lipinski definition) is 4. The second-order valence-corrected chi connectivity index (χ2v) is 6.27. The van der Waals surface area contributed by atoms with Crippen LogP contribution in [0, 0.1) is 11.3 Å². The Kier molecular flexibility index (Phi) is 5.45. The summed E-state index contributed by atoms with van der Waals surface area (Å²) in [5, 5.41) is 34.8. The molecule has 1 fully saturated rings. The molecular weight excluding hydrogens is 372 g/mol. The highest BCUT2D eigenvalue weighted by atomic mass is 16.7. The van der Waals surface area contributed by atoms with Gasteiger partial charge in [-0.1, -0.05) is 0 Å². The number of ether oxygens (including phenoxy) is 2. The summed E-state index contributed by atoms with van der Waals surface area (Å²) >= 11 is 0. The van der Waals surface area contributed by atoms with Crippen LogP contribution in [-0.2, 0) is 24.7 Å². The second kappa shape index (κ2) is 7.66. The molecule has 1 aliphatic heterocycles. The number of nitrogens with one attached hydrogen (secondary N) is 1.